The average Bonchev–Trinajstić information content (AvgIpc) is 2.93. The van der Waals surface area contributed by atoms with Gasteiger partial charge in [-0.2, -0.15) is 4.31 Å². The molecule has 2 heterocycles. The largest absolute Gasteiger partial charge is 0.360 e. The van der Waals surface area contributed by atoms with Crippen LogP contribution in [0.1, 0.15) is 30.6 Å². The lowest BCUT2D eigenvalue weighted by Gasteiger charge is -2.21. The fourth-order valence-electron chi connectivity index (χ4n) is 2.91. The Hall–Kier alpha value is -2.23. The molecule has 8 nitrogen and oxygen atoms in total. The smallest absolute Gasteiger partial charge is 0.258 e. The van der Waals surface area contributed by atoms with Crippen LogP contribution in [-0.2, 0) is 16.6 Å². The van der Waals surface area contributed by atoms with E-state index in [-0.39, 0.29) is 35.1 Å². The van der Waals surface area contributed by atoms with Gasteiger partial charge in [0.2, 0.25) is 10.0 Å². The van der Waals surface area contributed by atoms with Gasteiger partial charge >= 0.3 is 0 Å². The molecule has 0 fully saturated rings. The second-order valence-corrected chi connectivity index (χ2v) is 8.48. The molecular weight excluding hydrogens is 392 g/mol. The van der Waals surface area contributed by atoms with Crippen LogP contribution in [0, 0.1) is 13.8 Å². The van der Waals surface area contributed by atoms with E-state index in [1.165, 1.54) is 4.31 Å². The van der Waals surface area contributed by atoms with Crippen molar-refractivity contribution >= 4 is 32.5 Å². The summed E-state index contributed by atoms with van der Waals surface area (Å²) in [5.74, 6) is 0.457. The van der Waals surface area contributed by atoms with Gasteiger partial charge in [0.15, 0.2) is 5.76 Å². The summed E-state index contributed by atoms with van der Waals surface area (Å²) in [7, 11) is -3.86. The molecule has 1 N–H and O–H groups in total. The van der Waals surface area contributed by atoms with Crippen LogP contribution in [0.2, 0.25) is 5.02 Å². The first-order valence-electron chi connectivity index (χ1n) is 8.35. The van der Waals surface area contributed by atoms with Crippen molar-refractivity contribution in [2.45, 2.75) is 38.6 Å². The normalized spacial score (nSPS) is 12.2. The molecule has 0 aliphatic rings. The minimum absolute atomic E-state index is 0.0436. The van der Waals surface area contributed by atoms with Gasteiger partial charge in [-0.15, -0.1) is 0 Å². The molecule has 0 unspecified atom stereocenters. The first-order chi connectivity index (χ1) is 12.7. The SMILES string of the molecule is CCCN(Cc1nc2cc(Cl)ccc2c(=O)[nH]1)S(=O)(=O)c1c(C)noc1C. The molecule has 0 amide bonds. The topological polar surface area (TPSA) is 109 Å². The maximum atomic E-state index is 13.1. The van der Waals surface area contributed by atoms with Crippen LogP contribution in [-0.4, -0.2) is 34.4 Å². The van der Waals surface area contributed by atoms with Crippen LogP contribution in [0.4, 0.5) is 0 Å². The number of H-pyrrole nitrogens is 1. The van der Waals surface area contributed by atoms with Crippen molar-refractivity contribution in [3.05, 3.63) is 50.9 Å². The number of fused-ring (bicyclic) bond motifs is 1. The molecule has 0 aliphatic carbocycles. The molecule has 144 valence electrons. The van der Waals surface area contributed by atoms with Crippen molar-refractivity contribution in [3.63, 3.8) is 0 Å². The van der Waals surface area contributed by atoms with E-state index in [0.717, 1.165) is 0 Å². The number of aromatic amines is 1. The van der Waals surface area contributed by atoms with Gasteiger partial charge in [0.1, 0.15) is 16.4 Å². The monoisotopic (exact) mass is 410 g/mol. The Balaban J connectivity index is 2.05. The summed E-state index contributed by atoms with van der Waals surface area (Å²) in [6, 6.07) is 4.76. The van der Waals surface area contributed by atoms with E-state index in [9.17, 15) is 13.2 Å². The van der Waals surface area contributed by atoms with E-state index in [0.29, 0.717) is 28.0 Å². The molecule has 3 rings (SSSR count). The Bertz CT molecular complexity index is 1130. The third kappa shape index (κ3) is 3.76. The Morgan fingerprint density at radius 3 is 2.67 bits per heavy atom. The number of hydrogen-bond donors (Lipinski definition) is 1. The number of hydrogen-bond acceptors (Lipinski definition) is 6. The minimum atomic E-state index is -3.86. The lowest BCUT2D eigenvalue weighted by Crippen LogP contribution is -2.33. The van der Waals surface area contributed by atoms with Gasteiger partial charge in [-0.05, 0) is 38.5 Å². The highest BCUT2D eigenvalue weighted by atomic mass is 35.5. The highest BCUT2D eigenvalue weighted by molar-refractivity contribution is 7.89. The number of benzene rings is 1. The zero-order valence-electron chi connectivity index (χ0n) is 15.1. The number of halogens is 1. The number of aromatic nitrogens is 3. The second-order valence-electron chi connectivity index (χ2n) is 6.17. The van der Waals surface area contributed by atoms with E-state index < -0.39 is 10.0 Å². The summed E-state index contributed by atoms with van der Waals surface area (Å²) in [5, 5.41) is 4.56. The molecule has 3 aromatic rings. The van der Waals surface area contributed by atoms with Gasteiger partial charge in [0.25, 0.3) is 5.56 Å². The van der Waals surface area contributed by atoms with E-state index in [1.807, 2.05) is 6.92 Å². The Morgan fingerprint density at radius 1 is 1.30 bits per heavy atom. The lowest BCUT2D eigenvalue weighted by molar-refractivity contribution is 0.384. The molecule has 0 atom stereocenters. The minimum Gasteiger partial charge on any atom is -0.360 e. The summed E-state index contributed by atoms with van der Waals surface area (Å²) in [6.45, 7) is 5.16. The number of aryl methyl sites for hydroxylation is 2. The van der Waals surface area contributed by atoms with E-state index in [4.69, 9.17) is 16.1 Å². The first-order valence-corrected chi connectivity index (χ1v) is 10.2. The number of nitrogens with one attached hydrogen (secondary N) is 1. The molecular formula is C17H19ClN4O4S. The van der Waals surface area contributed by atoms with E-state index >= 15 is 0 Å². The van der Waals surface area contributed by atoms with Crippen LogP contribution in [0.5, 0.6) is 0 Å². The van der Waals surface area contributed by atoms with Crippen LogP contribution in [0.3, 0.4) is 0 Å². The third-order valence-corrected chi connectivity index (χ3v) is 6.41. The predicted octanol–water partition coefficient (Wildman–Crippen LogP) is 2.78. The Labute approximate surface area is 161 Å². The molecule has 1 aromatic carbocycles. The standard InChI is InChI=1S/C17H19ClN4O4S/c1-4-7-22(27(24,25)16-10(2)21-26-11(16)3)9-15-19-14-8-12(18)5-6-13(14)17(23)20-15/h5-6,8H,4,7,9H2,1-3H3,(H,19,20,23). The lowest BCUT2D eigenvalue weighted by atomic mass is 10.2. The van der Waals surface area contributed by atoms with Crippen molar-refractivity contribution in [1.82, 2.24) is 19.4 Å². The van der Waals surface area contributed by atoms with Gasteiger partial charge in [-0.3, -0.25) is 4.79 Å². The number of rotatable bonds is 6. The van der Waals surface area contributed by atoms with E-state index in [2.05, 4.69) is 15.1 Å². The highest BCUT2D eigenvalue weighted by Gasteiger charge is 2.31. The van der Waals surface area contributed by atoms with Crippen molar-refractivity contribution in [2.75, 3.05) is 6.54 Å². The predicted molar refractivity (Wildman–Crippen MR) is 101 cm³/mol. The fourth-order valence-corrected chi connectivity index (χ4v) is 4.86. The van der Waals surface area contributed by atoms with Gasteiger partial charge < -0.3 is 9.51 Å². The zero-order chi connectivity index (χ0) is 19.8. The fraction of sp³-hybridized carbons (Fsp3) is 0.353. The summed E-state index contributed by atoms with van der Waals surface area (Å²) in [5.41, 5.74) is 0.352. The second kappa shape index (κ2) is 7.41. The Kier molecular flexibility index (Phi) is 5.36. The number of nitrogens with zero attached hydrogens (tertiary/aromatic N) is 3. The summed E-state index contributed by atoms with van der Waals surface area (Å²) in [4.78, 5) is 19.4. The third-order valence-electron chi connectivity index (χ3n) is 4.08. The molecule has 0 saturated heterocycles. The highest BCUT2D eigenvalue weighted by Crippen LogP contribution is 2.24. The van der Waals surface area contributed by atoms with Crippen molar-refractivity contribution < 1.29 is 12.9 Å². The molecule has 10 heteroatoms. The molecule has 2 aromatic heterocycles. The van der Waals surface area contributed by atoms with Crippen molar-refractivity contribution in [2.24, 2.45) is 0 Å². The quantitative estimate of drug-likeness (QED) is 0.669. The molecule has 0 aliphatic heterocycles. The van der Waals surface area contributed by atoms with Gasteiger partial charge in [-0.1, -0.05) is 23.7 Å². The molecule has 0 saturated carbocycles. The summed E-state index contributed by atoms with van der Waals surface area (Å²) in [6.07, 6.45) is 0.590. The first kappa shape index (κ1) is 19.5. The maximum Gasteiger partial charge on any atom is 0.258 e. The zero-order valence-corrected chi connectivity index (χ0v) is 16.7. The van der Waals surface area contributed by atoms with Crippen LogP contribution in [0.15, 0.2) is 32.4 Å². The van der Waals surface area contributed by atoms with Crippen LogP contribution in [0.25, 0.3) is 10.9 Å². The maximum absolute atomic E-state index is 13.1. The van der Waals surface area contributed by atoms with Crippen LogP contribution >= 0.6 is 11.6 Å². The van der Waals surface area contributed by atoms with Crippen molar-refractivity contribution in [1.29, 1.82) is 0 Å². The number of sulfonamides is 1. The summed E-state index contributed by atoms with van der Waals surface area (Å²) >= 11 is 5.98. The molecule has 0 spiro atoms. The molecule has 0 radical (unpaired) electrons. The molecule has 0 bridgehead atoms. The van der Waals surface area contributed by atoms with Crippen LogP contribution < -0.4 is 5.56 Å². The van der Waals surface area contributed by atoms with Gasteiger partial charge in [0, 0.05) is 11.6 Å². The molecule has 27 heavy (non-hydrogen) atoms. The van der Waals surface area contributed by atoms with Gasteiger partial charge in [0.05, 0.1) is 17.4 Å². The van der Waals surface area contributed by atoms with E-state index in [1.54, 1.807) is 32.0 Å². The van der Waals surface area contributed by atoms with Crippen molar-refractivity contribution in [3.8, 4) is 0 Å². The average molecular weight is 411 g/mol. The van der Waals surface area contributed by atoms with Gasteiger partial charge in [-0.25, -0.2) is 13.4 Å². The Morgan fingerprint density at radius 2 is 2.04 bits per heavy atom. The summed E-state index contributed by atoms with van der Waals surface area (Å²) < 4.78 is 32.5.